The molecule has 3 rings (SSSR count). The molecule has 0 fully saturated rings. The molecule has 1 aromatic heterocycles. The third kappa shape index (κ3) is 3.23. The van der Waals surface area contributed by atoms with Crippen LogP contribution in [-0.2, 0) is 10.1 Å². The Labute approximate surface area is 138 Å². The van der Waals surface area contributed by atoms with Crippen molar-refractivity contribution in [1.82, 2.24) is 9.97 Å². The van der Waals surface area contributed by atoms with Gasteiger partial charge in [0.2, 0.25) is 0 Å². The maximum absolute atomic E-state index is 12.2. The number of aromatic amines is 1. The molecule has 0 unspecified atom stereocenters. The Morgan fingerprint density at radius 3 is 2.54 bits per heavy atom. The third-order valence-corrected chi connectivity index (χ3v) is 3.77. The molecule has 0 saturated heterocycles. The van der Waals surface area contributed by atoms with Gasteiger partial charge in [0.05, 0.1) is 24.3 Å². The summed E-state index contributed by atoms with van der Waals surface area (Å²) in [6.45, 7) is 0. The van der Waals surface area contributed by atoms with Gasteiger partial charge in [-0.05, 0) is 30.3 Å². The molecule has 8 heteroatoms. The molecule has 0 aliphatic heterocycles. The Kier molecular flexibility index (Phi) is 3.98. The number of benzene rings is 2. The second-order valence-corrected chi connectivity index (χ2v) is 6.66. The molecule has 0 bridgehead atoms. The summed E-state index contributed by atoms with van der Waals surface area (Å²) in [4.78, 5) is 19.3. The number of methoxy groups -OCH3 is 1. The average molecular weight is 346 g/mol. The van der Waals surface area contributed by atoms with E-state index >= 15 is 0 Å². The Balaban J connectivity index is 2.12. The van der Waals surface area contributed by atoms with Gasteiger partial charge in [-0.25, -0.2) is 4.98 Å². The van der Waals surface area contributed by atoms with E-state index in [4.69, 9.17) is 8.92 Å². The van der Waals surface area contributed by atoms with Gasteiger partial charge in [-0.1, -0.05) is 12.1 Å². The van der Waals surface area contributed by atoms with E-state index in [2.05, 4.69) is 9.97 Å². The summed E-state index contributed by atoms with van der Waals surface area (Å²) in [5, 5.41) is 0.491. The SMILES string of the molecule is COc1cc(-c2nc3ccccc3c(=O)[nH]2)ccc1OS(C)(=O)=O. The molecule has 2 aromatic carbocycles. The van der Waals surface area contributed by atoms with Gasteiger partial charge in [0, 0.05) is 5.56 Å². The van der Waals surface area contributed by atoms with Crippen molar-refractivity contribution in [1.29, 1.82) is 0 Å². The van der Waals surface area contributed by atoms with Crippen molar-refractivity contribution in [3.05, 3.63) is 52.8 Å². The van der Waals surface area contributed by atoms with Crippen molar-refractivity contribution < 1.29 is 17.3 Å². The number of nitrogens with one attached hydrogen (secondary N) is 1. The van der Waals surface area contributed by atoms with E-state index < -0.39 is 10.1 Å². The lowest BCUT2D eigenvalue weighted by Crippen LogP contribution is -2.10. The number of hydrogen-bond acceptors (Lipinski definition) is 6. The summed E-state index contributed by atoms with van der Waals surface area (Å²) in [5.74, 6) is 0.628. The van der Waals surface area contributed by atoms with Gasteiger partial charge < -0.3 is 13.9 Å². The maximum atomic E-state index is 12.2. The highest BCUT2D eigenvalue weighted by Gasteiger charge is 2.13. The number of hydrogen-bond donors (Lipinski definition) is 1. The molecule has 0 spiro atoms. The predicted molar refractivity (Wildman–Crippen MR) is 89.8 cm³/mol. The van der Waals surface area contributed by atoms with Crippen molar-refractivity contribution in [2.24, 2.45) is 0 Å². The third-order valence-electron chi connectivity index (χ3n) is 3.29. The minimum atomic E-state index is -3.68. The first-order chi connectivity index (χ1) is 11.4. The van der Waals surface area contributed by atoms with Gasteiger partial charge in [0.15, 0.2) is 11.5 Å². The molecule has 0 amide bonds. The van der Waals surface area contributed by atoms with Crippen LogP contribution >= 0.6 is 0 Å². The topological polar surface area (TPSA) is 98.3 Å². The minimum absolute atomic E-state index is 0.0619. The fourth-order valence-electron chi connectivity index (χ4n) is 2.27. The molecule has 0 radical (unpaired) electrons. The number of rotatable bonds is 4. The summed E-state index contributed by atoms with van der Waals surface area (Å²) in [7, 11) is -2.28. The highest BCUT2D eigenvalue weighted by molar-refractivity contribution is 7.86. The number of fused-ring (bicyclic) bond motifs is 1. The minimum Gasteiger partial charge on any atom is -0.493 e. The van der Waals surface area contributed by atoms with Crippen LogP contribution in [0.2, 0.25) is 0 Å². The summed E-state index contributed by atoms with van der Waals surface area (Å²) < 4.78 is 32.6. The second kappa shape index (κ2) is 5.97. The van der Waals surface area contributed by atoms with E-state index in [1.54, 1.807) is 36.4 Å². The Hall–Kier alpha value is -2.87. The molecular weight excluding hydrogens is 332 g/mol. The molecule has 3 aromatic rings. The van der Waals surface area contributed by atoms with Crippen molar-refractivity contribution in [3.8, 4) is 22.9 Å². The van der Waals surface area contributed by atoms with Crippen LogP contribution < -0.4 is 14.5 Å². The molecule has 124 valence electrons. The van der Waals surface area contributed by atoms with Gasteiger partial charge in [0.1, 0.15) is 5.82 Å². The van der Waals surface area contributed by atoms with Crippen LogP contribution in [0, 0.1) is 0 Å². The first-order valence-electron chi connectivity index (χ1n) is 6.94. The second-order valence-electron chi connectivity index (χ2n) is 5.08. The van der Waals surface area contributed by atoms with Crippen LogP contribution in [0.4, 0.5) is 0 Å². The molecule has 24 heavy (non-hydrogen) atoms. The van der Waals surface area contributed by atoms with E-state index in [0.717, 1.165) is 6.26 Å². The molecule has 0 aliphatic carbocycles. The quantitative estimate of drug-likeness (QED) is 0.725. The Morgan fingerprint density at radius 1 is 1.08 bits per heavy atom. The fourth-order valence-corrected chi connectivity index (χ4v) is 2.73. The number of H-pyrrole nitrogens is 1. The zero-order chi connectivity index (χ0) is 17.3. The van der Waals surface area contributed by atoms with Gasteiger partial charge >= 0.3 is 10.1 Å². The van der Waals surface area contributed by atoms with Gasteiger partial charge in [-0.3, -0.25) is 4.79 Å². The number of aromatic nitrogens is 2. The highest BCUT2D eigenvalue weighted by Crippen LogP contribution is 2.32. The fraction of sp³-hybridized carbons (Fsp3) is 0.125. The summed E-state index contributed by atoms with van der Waals surface area (Å²) >= 11 is 0. The van der Waals surface area contributed by atoms with Crippen molar-refractivity contribution in [2.75, 3.05) is 13.4 Å². The Bertz CT molecular complexity index is 1070. The average Bonchev–Trinajstić information content (AvgIpc) is 2.54. The highest BCUT2D eigenvalue weighted by atomic mass is 32.2. The van der Waals surface area contributed by atoms with Gasteiger partial charge in [-0.15, -0.1) is 0 Å². The first kappa shape index (κ1) is 16.0. The smallest absolute Gasteiger partial charge is 0.306 e. The number of para-hydroxylation sites is 1. The predicted octanol–water partition coefficient (Wildman–Crippen LogP) is 1.94. The molecule has 0 atom stereocenters. The monoisotopic (exact) mass is 346 g/mol. The number of ether oxygens (including phenoxy) is 1. The van der Waals surface area contributed by atoms with Crippen molar-refractivity contribution in [3.63, 3.8) is 0 Å². The standard InChI is InChI=1S/C16H14N2O5S/c1-22-14-9-10(7-8-13(14)23-24(2,20)21)15-17-12-6-4-3-5-11(12)16(19)18-15/h3-9H,1-2H3,(H,17,18,19). The lowest BCUT2D eigenvalue weighted by Gasteiger charge is -2.10. The molecule has 1 N–H and O–H groups in total. The van der Waals surface area contributed by atoms with Gasteiger partial charge in [-0.2, -0.15) is 8.42 Å². The molecular formula is C16H14N2O5S. The lowest BCUT2D eigenvalue weighted by molar-refractivity contribution is 0.391. The zero-order valence-corrected chi connectivity index (χ0v) is 13.8. The number of nitrogens with zero attached hydrogens (tertiary/aromatic N) is 1. The van der Waals surface area contributed by atoms with Gasteiger partial charge in [0.25, 0.3) is 5.56 Å². The molecule has 7 nitrogen and oxygen atoms in total. The van der Waals surface area contributed by atoms with E-state index in [1.165, 1.54) is 13.2 Å². The largest absolute Gasteiger partial charge is 0.493 e. The van der Waals surface area contributed by atoms with Crippen LogP contribution in [-0.4, -0.2) is 31.8 Å². The van der Waals surface area contributed by atoms with E-state index in [0.29, 0.717) is 22.3 Å². The molecule has 0 saturated carbocycles. The van der Waals surface area contributed by atoms with E-state index in [-0.39, 0.29) is 17.1 Å². The normalized spacial score (nSPS) is 11.4. The van der Waals surface area contributed by atoms with E-state index in [1.807, 2.05) is 0 Å². The summed E-state index contributed by atoms with van der Waals surface area (Å²) in [6, 6.07) is 11.6. The van der Waals surface area contributed by atoms with Crippen LogP contribution in [0.3, 0.4) is 0 Å². The van der Waals surface area contributed by atoms with Crippen molar-refractivity contribution >= 4 is 21.0 Å². The lowest BCUT2D eigenvalue weighted by atomic mass is 10.1. The molecule has 0 aliphatic rings. The summed E-state index contributed by atoms with van der Waals surface area (Å²) in [6.07, 6.45) is 0.947. The van der Waals surface area contributed by atoms with Crippen LogP contribution in [0.1, 0.15) is 0 Å². The van der Waals surface area contributed by atoms with Crippen LogP contribution in [0.25, 0.3) is 22.3 Å². The Morgan fingerprint density at radius 2 is 1.83 bits per heavy atom. The maximum Gasteiger partial charge on any atom is 0.306 e. The van der Waals surface area contributed by atoms with Crippen LogP contribution in [0.15, 0.2) is 47.3 Å². The van der Waals surface area contributed by atoms with Crippen LogP contribution in [0.5, 0.6) is 11.5 Å². The summed E-state index contributed by atoms with van der Waals surface area (Å²) in [5.41, 5.74) is 0.869. The zero-order valence-electron chi connectivity index (χ0n) is 12.9. The van der Waals surface area contributed by atoms with E-state index in [9.17, 15) is 13.2 Å². The first-order valence-corrected chi connectivity index (χ1v) is 8.76. The molecule has 1 heterocycles. The van der Waals surface area contributed by atoms with Crippen molar-refractivity contribution in [2.45, 2.75) is 0 Å².